The van der Waals surface area contributed by atoms with Crippen molar-refractivity contribution in [2.75, 3.05) is 13.2 Å². The van der Waals surface area contributed by atoms with Crippen LogP contribution in [0.4, 0.5) is 0 Å². The molecule has 0 rings (SSSR count). The molecule has 22 heavy (non-hydrogen) atoms. The number of carbonyl (C=O) groups excluding carboxylic acids is 1. The van der Waals surface area contributed by atoms with Crippen molar-refractivity contribution < 1.29 is 19.1 Å². The molecule has 0 unspecified atom stereocenters. The molecule has 0 spiro atoms. The summed E-state index contributed by atoms with van der Waals surface area (Å²) in [7, 11) is -1.80. The van der Waals surface area contributed by atoms with E-state index in [1.54, 1.807) is 6.92 Å². The molecule has 0 amide bonds. The second-order valence-corrected chi connectivity index (χ2v) is 12.3. The van der Waals surface area contributed by atoms with Gasteiger partial charge in [-0.1, -0.05) is 33.8 Å². The summed E-state index contributed by atoms with van der Waals surface area (Å²) in [5.41, 5.74) is 0. The van der Waals surface area contributed by atoms with Gasteiger partial charge in [-0.05, 0) is 43.8 Å². The van der Waals surface area contributed by atoms with E-state index in [0.717, 1.165) is 6.42 Å². The van der Waals surface area contributed by atoms with Crippen LogP contribution in [0.2, 0.25) is 18.1 Å². The minimum atomic E-state index is -1.80. The van der Waals surface area contributed by atoms with Gasteiger partial charge in [-0.15, -0.1) is 0 Å². The number of aliphatic hydroxyl groups excluding tert-OH is 1. The Hall–Kier alpha value is -0.653. The maximum atomic E-state index is 11.2. The van der Waals surface area contributed by atoms with E-state index in [9.17, 15) is 9.90 Å². The fraction of sp³-hybridized carbons (Fsp3) is 0.824. The molecule has 0 bridgehead atoms. The first-order valence-corrected chi connectivity index (χ1v) is 11.1. The SMILES string of the molecule is CCOC(=O)/C=C/C[C@H](C)C[C@@H](O)CO[Si](C)(C)C(C)(C)C. The predicted octanol–water partition coefficient (Wildman–Crippen LogP) is 3.90. The molecule has 0 saturated carbocycles. The Morgan fingerprint density at radius 3 is 2.41 bits per heavy atom. The third kappa shape index (κ3) is 8.71. The number of allylic oxidation sites excluding steroid dienone is 1. The van der Waals surface area contributed by atoms with Crippen molar-refractivity contribution >= 4 is 14.3 Å². The molecule has 0 fully saturated rings. The van der Waals surface area contributed by atoms with Crippen LogP contribution in [0.5, 0.6) is 0 Å². The average Bonchev–Trinajstić information content (AvgIpc) is 2.35. The largest absolute Gasteiger partial charge is 0.463 e. The predicted molar refractivity (Wildman–Crippen MR) is 93.3 cm³/mol. The van der Waals surface area contributed by atoms with Crippen molar-refractivity contribution in [2.45, 2.75) is 71.7 Å². The van der Waals surface area contributed by atoms with Gasteiger partial charge in [-0.3, -0.25) is 0 Å². The van der Waals surface area contributed by atoms with Crippen molar-refractivity contribution in [2.24, 2.45) is 5.92 Å². The molecule has 0 aliphatic rings. The minimum absolute atomic E-state index is 0.153. The lowest BCUT2D eigenvalue weighted by molar-refractivity contribution is -0.137. The molecule has 0 aromatic heterocycles. The van der Waals surface area contributed by atoms with Crippen LogP contribution in [0.15, 0.2) is 12.2 Å². The molecular weight excluding hydrogens is 296 g/mol. The lowest BCUT2D eigenvalue weighted by atomic mass is 10.0. The summed E-state index contributed by atoms with van der Waals surface area (Å²) in [4.78, 5) is 11.2. The van der Waals surface area contributed by atoms with Gasteiger partial charge in [0, 0.05) is 6.08 Å². The van der Waals surface area contributed by atoms with E-state index >= 15 is 0 Å². The van der Waals surface area contributed by atoms with Gasteiger partial charge in [0.25, 0.3) is 0 Å². The van der Waals surface area contributed by atoms with Gasteiger partial charge in [0.2, 0.25) is 0 Å². The molecule has 5 heteroatoms. The molecule has 0 heterocycles. The first kappa shape index (κ1) is 21.3. The Balaban J connectivity index is 4.11. The first-order valence-electron chi connectivity index (χ1n) is 8.15. The number of rotatable bonds is 9. The first-order chi connectivity index (χ1) is 9.99. The van der Waals surface area contributed by atoms with Crippen LogP contribution in [0.1, 0.15) is 47.5 Å². The van der Waals surface area contributed by atoms with Crippen LogP contribution in [-0.2, 0) is 14.0 Å². The highest BCUT2D eigenvalue weighted by molar-refractivity contribution is 6.74. The Kier molecular flexibility index (Phi) is 9.20. The van der Waals surface area contributed by atoms with Crippen LogP contribution in [-0.4, -0.2) is 38.7 Å². The highest BCUT2D eigenvalue weighted by atomic mass is 28.4. The smallest absolute Gasteiger partial charge is 0.330 e. The quantitative estimate of drug-likeness (QED) is 0.396. The summed E-state index contributed by atoms with van der Waals surface area (Å²) in [6.45, 7) is 15.6. The van der Waals surface area contributed by atoms with Crippen LogP contribution < -0.4 is 0 Å². The molecule has 0 aromatic carbocycles. The van der Waals surface area contributed by atoms with E-state index in [1.165, 1.54) is 6.08 Å². The molecule has 4 nitrogen and oxygen atoms in total. The van der Waals surface area contributed by atoms with Gasteiger partial charge in [0.15, 0.2) is 8.32 Å². The van der Waals surface area contributed by atoms with Gasteiger partial charge < -0.3 is 14.3 Å². The number of ether oxygens (including phenoxy) is 1. The average molecular weight is 331 g/mol. The van der Waals surface area contributed by atoms with Crippen molar-refractivity contribution in [3.8, 4) is 0 Å². The number of carbonyl (C=O) groups is 1. The zero-order valence-electron chi connectivity index (χ0n) is 15.3. The van der Waals surface area contributed by atoms with Crippen LogP contribution in [0.3, 0.4) is 0 Å². The maximum Gasteiger partial charge on any atom is 0.330 e. The lowest BCUT2D eigenvalue weighted by Crippen LogP contribution is -2.42. The second kappa shape index (κ2) is 9.48. The monoisotopic (exact) mass is 330 g/mol. The summed E-state index contributed by atoms with van der Waals surface area (Å²) in [6.07, 6.45) is 4.22. The van der Waals surface area contributed by atoms with E-state index in [4.69, 9.17) is 9.16 Å². The van der Waals surface area contributed by atoms with Crippen LogP contribution >= 0.6 is 0 Å². The van der Waals surface area contributed by atoms with Gasteiger partial charge in [0.1, 0.15) is 0 Å². The second-order valence-electron chi connectivity index (χ2n) is 7.46. The molecule has 0 aliphatic heterocycles. The topological polar surface area (TPSA) is 55.8 Å². The third-order valence-corrected chi connectivity index (χ3v) is 8.70. The Morgan fingerprint density at radius 1 is 1.32 bits per heavy atom. The summed E-state index contributed by atoms with van der Waals surface area (Å²) in [5, 5.41) is 10.3. The molecule has 0 aliphatic carbocycles. The van der Waals surface area contributed by atoms with E-state index in [0.29, 0.717) is 25.6 Å². The van der Waals surface area contributed by atoms with Gasteiger partial charge in [-0.25, -0.2) is 4.79 Å². The number of hydrogen-bond donors (Lipinski definition) is 1. The normalized spacial score (nSPS) is 15.8. The highest BCUT2D eigenvalue weighted by Crippen LogP contribution is 2.36. The zero-order chi connectivity index (χ0) is 17.4. The lowest BCUT2D eigenvalue weighted by Gasteiger charge is -2.36. The van der Waals surface area contributed by atoms with Gasteiger partial charge in [-0.2, -0.15) is 0 Å². The summed E-state index contributed by atoms with van der Waals surface area (Å²) >= 11 is 0. The summed E-state index contributed by atoms with van der Waals surface area (Å²) < 4.78 is 10.9. The van der Waals surface area contributed by atoms with Crippen molar-refractivity contribution in [3.05, 3.63) is 12.2 Å². The maximum absolute atomic E-state index is 11.2. The fourth-order valence-corrected chi connectivity index (χ4v) is 2.78. The van der Waals surface area contributed by atoms with Gasteiger partial charge >= 0.3 is 5.97 Å². The number of esters is 1. The summed E-state index contributed by atoms with van der Waals surface area (Å²) in [5.74, 6) is -0.0137. The summed E-state index contributed by atoms with van der Waals surface area (Å²) in [6, 6.07) is 0. The molecule has 1 N–H and O–H groups in total. The van der Waals surface area contributed by atoms with E-state index < -0.39 is 14.4 Å². The Labute approximate surface area is 137 Å². The third-order valence-electron chi connectivity index (χ3n) is 4.20. The minimum Gasteiger partial charge on any atom is -0.463 e. The van der Waals surface area contributed by atoms with Crippen molar-refractivity contribution in [1.29, 1.82) is 0 Å². The van der Waals surface area contributed by atoms with E-state index in [1.807, 2.05) is 6.08 Å². The highest BCUT2D eigenvalue weighted by Gasteiger charge is 2.37. The standard InChI is InChI=1S/C17H34O4Si/c1-8-20-16(19)11-9-10-14(2)12-15(18)13-21-22(6,7)17(3,4)5/h9,11,14-15,18H,8,10,12-13H2,1-7H3/b11-9+/t14-,15+/m0/s1. The van der Waals surface area contributed by atoms with Crippen LogP contribution in [0, 0.1) is 5.92 Å². The Bertz CT molecular complexity index is 358. The number of hydrogen-bond acceptors (Lipinski definition) is 4. The Morgan fingerprint density at radius 2 is 1.91 bits per heavy atom. The van der Waals surface area contributed by atoms with Crippen molar-refractivity contribution in [3.63, 3.8) is 0 Å². The van der Waals surface area contributed by atoms with Gasteiger partial charge in [0.05, 0.1) is 19.3 Å². The molecule has 0 aromatic rings. The molecule has 130 valence electrons. The van der Waals surface area contributed by atoms with Crippen molar-refractivity contribution in [1.82, 2.24) is 0 Å². The zero-order valence-corrected chi connectivity index (χ0v) is 16.3. The van der Waals surface area contributed by atoms with E-state index in [-0.39, 0.29) is 11.0 Å². The molecule has 0 radical (unpaired) electrons. The van der Waals surface area contributed by atoms with E-state index in [2.05, 4.69) is 40.8 Å². The molecule has 2 atom stereocenters. The van der Waals surface area contributed by atoms with Crippen LogP contribution in [0.25, 0.3) is 0 Å². The number of aliphatic hydroxyl groups is 1. The molecular formula is C17H34O4Si. The molecule has 0 saturated heterocycles. The fourth-order valence-electron chi connectivity index (χ4n) is 1.74.